The van der Waals surface area contributed by atoms with Crippen LogP contribution in [0.3, 0.4) is 0 Å². The molecule has 0 saturated carbocycles. The van der Waals surface area contributed by atoms with Crippen molar-refractivity contribution in [2.75, 3.05) is 26.4 Å². The normalized spacial score (nSPS) is 11.9. The fraction of sp³-hybridized carbons (Fsp3) is 0.571. The molecule has 102 valence electrons. The Bertz CT molecular complexity index is 349. The molecule has 0 spiro atoms. The van der Waals surface area contributed by atoms with Gasteiger partial charge in [0.1, 0.15) is 6.61 Å². The molecule has 1 rings (SSSR count). The second-order valence-corrected chi connectivity index (χ2v) is 5.15. The van der Waals surface area contributed by atoms with Gasteiger partial charge in [-0.15, -0.1) is 0 Å². The minimum Gasteiger partial charge on any atom is -0.376 e. The fourth-order valence-electron chi connectivity index (χ4n) is 2.06. The zero-order valence-corrected chi connectivity index (χ0v) is 13.9. The van der Waals surface area contributed by atoms with Crippen LogP contribution < -0.4 is 5.19 Å². The summed E-state index contributed by atoms with van der Waals surface area (Å²) in [6.07, 6.45) is 0. The standard InChI is InChI=1S/C14H24O3Si/c1-4-15-11-14(16-5-2,17-6-3)12-9-7-8-10-13(12)18/h7-10H,4-6,11H2,1-3,18H3. The molecule has 0 amide bonds. The Morgan fingerprint density at radius 3 is 2.11 bits per heavy atom. The Morgan fingerprint density at radius 1 is 1.00 bits per heavy atom. The van der Waals surface area contributed by atoms with Crippen LogP contribution in [0.15, 0.2) is 24.3 Å². The van der Waals surface area contributed by atoms with Gasteiger partial charge in [0.05, 0.1) is 0 Å². The number of hydrogen-bond donors (Lipinski definition) is 0. The van der Waals surface area contributed by atoms with Gasteiger partial charge < -0.3 is 14.2 Å². The molecule has 18 heavy (non-hydrogen) atoms. The van der Waals surface area contributed by atoms with Crippen molar-refractivity contribution >= 4 is 15.4 Å². The van der Waals surface area contributed by atoms with Crippen molar-refractivity contribution in [1.29, 1.82) is 0 Å². The van der Waals surface area contributed by atoms with E-state index in [-0.39, 0.29) is 0 Å². The largest absolute Gasteiger partial charge is 0.376 e. The number of rotatable bonds is 8. The lowest BCUT2D eigenvalue weighted by molar-refractivity contribution is -0.266. The van der Waals surface area contributed by atoms with E-state index >= 15 is 0 Å². The summed E-state index contributed by atoms with van der Waals surface area (Å²) < 4.78 is 17.4. The van der Waals surface area contributed by atoms with Gasteiger partial charge in [-0.1, -0.05) is 29.5 Å². The average Bonchev–Trinajstić information content (AvgIpc) is 2.37. The van der Waals surface area contributed by atoms with Gasteiger partial charge in [-0.3, -0.25) is 0 Å². The molecule has 0 aliphatic heterocycles. The highest BCUT2D eigenvalue weighted by molar-refractivity contribution is 6.33. The van der Waals surface area contributed by atoms with Crippen LogP contribution in [-0.4, -0.2) is 36.7 Å². The molecular weight excluding hydrogens is 244 g/mol. The van der Waals surface area contributed by atoms with Gasteiger partial charge in [-0.25, -0.2) is 0 Å². The Balaban J connectivity index is 3.10. The van der Waals surface area contributed by atoms with Crippen molar-refractivity contribution < 1.29 is 14.2 Å². The Labute approximate surface area is 113 Å². The third-order valence-electron chi connectivity index (χ3n) is 2.81. The number of ether oxygens (including phenoxy) is 3. The van der Waals surface area contributed by atoms with E-state index in [1.807, 2.05) is 26.8 Å². The zero-order valence-electron chi connectivity index (χ0n) is 11.9. The summed E-state index contributed by atoms with van der Waals surface area (Å²) in [7, 11) is 0.964. The predicted molar refractivity (Wildman–Crippen MR) is 77.4 cm³/mol. The minimum atomic E-state index is -0.752. The van der Waals surface area contributed by atoms with E-state index in [9.17, 15) is 0 Å². The Hall–Kier alpha value is -0.683. The van der Waals surface area contributed by atoms with Crippen LogP contribution in [0, 0.1) is 0 Å². The van der Waals surface area contributed by atoms with Crippen LogP contribution in [0.5, 0.6) is 0 Å². The maximum atomic E-state index is 5.91. The highest BCUT2D eigenvalue weighted by Gasteiger charge is 2.35. The van der Waals surface area contributed by atoms with Gasteiger partial charge in [0, 0.05) is 35.6 Å². The minimum absolute atomic E-state index is 0.435. The first kappa shape index (κ1) is 15.4. The monoisotopic (exact) mass is 268 g/mol. The van der Waals surface area contributed by atoms with Crippen molar-refractivity contribution in [3.05, 3.63) is 29.8 Å². The van der Waals surface area contributed by atoms with Crippen LogP contribution in [0.2, 0.25) is 0 Å². The summed E-state index contributed by atoms with van der Waals surface area (Å²) in [4.78, 5) is 0. The molecule has 0 aliphatic rings. The van der Waals surface area contributed by atoms with E-state index in [1.54, 1.807) is 0 Å². The molecule has 0 heterocycles. The smallest absolute Gasteiger partial charge is 0.218 e. The highest BCUT2D eigenvalue weighted by Crippen LogP contribution is 2.26. The van der Waals surface area contributed by atoms with Crippen LogP contribution in [0.25, 0.3) is 0 Å². The van der Waals surface area contributed by atoms with E-state index in [2.05, 4.69) is 18.2 Å². The first-order valence-corrected chi connectivity index (χ1v) is 7.62. The van der Waals surface area contributed by atoms with E-state index in [0.29, 0.717) is 26.4 Å². The van der Waals surface area contributed by atoms with Crippen molar-refractivity contribution in [3.63, 3.8) is 0 Å². The lowest BCUT2D eigenvalue weighted by Crippen LogP contribution is -2.42. The van der Waals surface area contributed by atoms with E-state index in [4.69, 9.17) is 14.2 Å². The zero-order chi connectivity index (χ0) is 13.4. The summed E-state index contributed by atoms with van der Waals surface area (Å²) >= 11 is 0. The summed E-state index contributed by atoms with van der Waals surface area (Å²) in [5.41, 5.74) is 1.11. The average molecular weight is 268 g/mol. The fourth-order valence-corrected chi connectivity index (χ4v) is 2.80. The summed E-state index contributed by atoms with van der Waals surface area (Å²) in [6, 6.07) is 8.28. The summed E-state index contributed by atoms with van der Waals surface area (Å²) in [5, 5.41) is 1.29. The van der Waals surface area contributed by atoms with Crippen molar-refractivity contribution in [2.45, 2.75) is 26.6 Å². The van der Waals surface area contributed by atoms with Gasteiger partial charge in [-0.2, -0.15) is 0 Å². The van der Waals surface area contributed by atoms with Crippen molar-refractivity contribution in [1.82, 2.24) is 0 Å². The Kier molecular flexibility index (Phi) is 6.57. The number of hydrogen-bond acceptors (Lipinski definition) is 3. The first-order valence-electron chi connectivity index (χ1n) is 6.62. The molecule has 1 aromatic carbocycles. The third kappa shape index (κ3) is 3.65. The van der Waals surface area contributed by atoms with Crippen LogP contribution in [-0.2, 0) is 20.0 Å². The first-order chi connectivity index (χ1) is 8.70. The molecule has 0 N–H and O–H groups in total. The van der Waals surface area contributed by atoms with Crippen LogP contribution in [0.4, 0.5) is 0 Å². The molecule has 4 heteroatoms. The molecule has 0 aromatic heterocycles. The molecule has 0 bridgehead atoms. The summed E-state index contributed by atoms with van der Waals surface area (Å²) in [5.74, 6) is -0.752. The van der Waals surface area contributed by atoms with Gasteiger partial charge in [0.25, 0.3) is 0 Å². The SMILES string of the molecule is CCOCC(OCC)(OCC)c1ccccc1[SiH3]. The maximum absolute atomic E-state index is 5.91. The second kappa shape index (κ2) is 7.69. The van der Waals surface area contributed by atoms with Gasteiger partial charge >= 0.3 is 0 Å². The van der Waals surface area contributed by atoms with Gasteiger partial charge in [0.15, 0.2) is 0 Å². The maximum Gasteiger partial charge on any atom is 0.218 e. The Morgan fingerprint density at radius 2 is 1.61 bits per heavy atom. The van der Waals surface area contributed by atoms with E-state index < -0.39 is 5.79 Å². The highest BCUT2D eigenvalue weighted by atomic mass is 28.1. The summed E-state index contributed by atoms with van der Waals surface area (Å²) in [6.45, 7) is 8.24. The molecule has 1 aromatic rings. The van der Waals surface area contributed by atoms with Crippen molar-refractivity contribution in [3.8, 4) is 0 Å². The molecule has 0 unspecified atom stereocenters. The molecule has 3 nitrogen and oxygen atoms in total. The predicted octanol–water partition coefficient (Wildman–Crippen LogP) is 0.940. The van der Waals surface area contributed by atoms with Crippen LogP contribution in [0.1, 0.15) is 26.3 Å². The third-order valence-corrected chi connectivity index (χ3v) is 3.68. The lowest BCUT2D eigenvalue weighted by atomic mass is 10.1. The molecular formula is C14H24O3Si. The number of benzene rings is 1. The molecule has 0 atom stereocenters. The van der Waals surface area contributed by atoms with Gasteiger partial charge in [0.2, 0.25) is 5.79 Å². The molecule has 0 aliphatic carbocycles. The van der Waals surface area contributed by atoms with E-state index in [1.165, 1.54) is 5.19 Å². The molecule has 0 fully saturated rings. The van der Waals surface area contributed by atoms with Crippen molar-refractivity contribution in [2.24, 2.45) is 0 Å². The van der Waals surface area contributed by atoms with Crippen LogP contribution >= 0.6 is 0 Å². The van der Waals surface area contributed by atoms with Gasteiger partial charge in [-0.05, 0) is 20.8 Å². The van der Waals surface area contributed by atoms with E-state index in [0.717, 1.165) is 15.8 Å². The topological polar surface area (TPSA) is 27.7 Å². The quantitative estimate of drug-likeness (QED) is 0.519. The molecule has 0 radical (unpaired) electrons. The lowest BCUT2D eigenvalue weighted by Gasteiger charge is -2.34. The second-order valence-electron chi connectivity index (χ2n) is 4.07. The molecule has 0 saturated heterocycles.